The molecule has 4 aromatic rings. The second-order valence-corrected chi connectivity index (χ2v) is 6.89. The summed E-state index contributed by atoms with van der Waals surface area (Å²) in [6.07, 6.45) is 0.772. The molecule has 0 fully saturated rings. The van der Waals surface area contributed by atoms with Crippen LogP contribution >= 0.6 is 15.9 Å². The zero-order valence-corrected chi connectivity index (χ0v) is 15.6. The van der Waals surface area contributed by atoms with Crippen LogP contribution in [0.5, 0.6) is 0 Å². The fraction of sp³-hybridized carbons (Fsp3) is 0.0909. The van der Waals surface area contributed by atoms with E-state index in [2.05, 4.69) is 56.4 Å². The molecule has 0 bridgehead atoms. The third-order valence-corrected chi connectivity index (χ3v) is 4.70. The molecule has 0 saturated carbocycles. The zero-order valence-electron chi connectivity index (χ0n) is 14.0. The van der Waals surface area contributed by atoms with Gasteiger partial charge >= 0.3 is 0 Å². The minimum atomic E-state index is -0.00420. The minimum Gasteiger partial charge on any atom is -0.338 e. The summed E-state index contributed by atoms with van der Waals surface area (Å²) in [6.45, 7) is 0. The lowest BCUT2D eigenvalue weighted by atomic mass is 9.92. The predicted molar refractivity (Wildman–Crippen MR) is 105 cm³/mol. The molecule has 0 aliphatic carbocycles. The molecule has 1 heterocycles. The average molecular weight is 404 g/mol. The van der Waals surface area contributed by atoms with Crippen molar-refractivity contribution < 1.29 is 4.52 Å². The van der Waals surface area contributed by atoms with Gasteiger partial charge in [-0.05, 0) is 29.7 Å². The maximum absolute atomic E-state index is 5.66. The molecule has 4 heteroatoms. The van der Waals surface area contributed by atoms with Crippen molar-refractivity contribution in [3.8, 4) is 11.4 Å². The SMILES string of the molecule is Brc1[c]ccc(CC(c2ccccc2)c2nc(-c3ccccc3)no2)c1. The van der Waals surface area contributed by atoms with Crippen molar-refractivity contribution in [2.75, 3.05) is 0 Å². The van der Waals surface area contributed by atoms with Crippen molar-refractivity contribution in [2.24, 2.45) is 0 Å². The number of hydrogen-bond acceptors (Lipinski definition) is 3. The van der Waals surface area contributed by atoms with Crippen LogP contribution in [0.2, 0.25) is 0 Å². The van der Waals surface area contributed by atoms with Crippen LogP contribution in [0.3, 0.4) is 0 Å². The van der Waals surface area contributed by atoms with Gasteiger partial charge < -0.3 is 4.52 Å². The predicted octanol–water partition coefficient (Wildman–Crippen LogP) is 5.67. The second kappa shape index (κ2) is 7.67. The van der Waals surface area contributed by atoms with Crippen molar-refractivity contribution in [1.82, 2.24) is 10.1 Å². The van der Waals surface area contributed by atoms with Gasteiger partial charge in [-0.1, -0.05) is 93.9 Å². The Labute approximate surface area is 160 Å². The summed E-state index contributed by atoms with van der Waals surface area (Å²) in [7, 11) is 0. The quantitative estimate of drug-likeness (QED) is 0.430. The van der Waals surface area contributed by atoms with E-state index in [9.17, 15) is 0 Å². The van der Waals surface area contributed by atoms with Crippen molar-refractivity contribution in [3.63, 3.8) is 0 Å². The Kier molecular flexibility index (Phi) is 4.93. The number of rotatable bonds is 5. The van der Waals surface area contributed by atoms with Gasteiger partial charge in [-0.3, -0.25) is 0 Å². The Bertz CT molecular complexity index is 983. The molecule has 0 aliphatic rings. The molecule has 3 aromatic carbocycles. The maximum Gasteiger partial charge on any atom is 0.234 e. The Morgan fingerprint density at radius 3 is 2.42 bits per heavy atom. The fourth-order valence-electron chi connectivity index (χ4n) is 2.96. The van der Waals surface area contributed by atoms with Crippen molar-refractivity contribution >= 4 is 15.9 Å². The molecule has 1 atom stereocenters. The summed E-state index contributed by atoms with van der Waals surface area (Å²) in [5, 5.41) is 4.19. The van der Waals surface area contributed by atoms with Gasteiger partial charge in [0.1, 0.15) is 0 Å². The number of aromatic nitrogens is 2. The fourth-order valence-corrected chi connectivity index (χ4v) is 3.38. The van der Waals surface area contributed by atoms with E-state index >= 15 is 0 Å². The largest absolute Gasteiger partial charge is 0.338 e. The molecule has 1 aromatic heterocycles. The van der Waals surface area contributed by atoms with E-state index in [1.165, 1.54) is 5.56 Å². The van der Waals surface area contributed by atoms with Crippen LogP contribution < -0.4 is 0 Å². The van der Waals surface area contributed by atoms with E-state index < -0.39 is 0 Å². The van der Waals surface area contributed by atoms with E-state index in [1.807, 2.05) is 54.6 Å². The summed E-state index contributed by atoms with van der Waals surface area (Å²) in [4.78, 5) is 4.68. The van der Waals surface area contributed by atoms with E-state index in [4.69, 9.17) is 4.52 Å². The number of nitrogens with zero attached hydrogens (tertiary/aromatic N) is 2. The number of halogens is 1. The highest BCUT2D eigenvalue weighted by atomic mass is 79.9. The molecular formula is C22H16BrN2O. The minimum absolute atomic E-state index is 0.00420. The van der Waals surface area contributed by atoms with Gasteiger partial charge in [-0.15, -0.1) is 0 Å². The molecule has 1 radical (unpaired) electrons. The van der Waals surface area contributed by atoms with Crippen molar-refractivity contribution in [2.45, 2.75) is 12.3 Å². The highest BCUT2D eigenvalue weighted by molar-refractivity contribution is 9.10. The van der Waals surface area contributed by atoms with Crippen LogP contribution in [-0.2, 0) is 6.42 Å². The van der Waals surface area contributed by atoms with Crippen LogP contribution in [-0.4, -0.2) is 10.1 Å². The zero-order chi connectivity index (χ0) is 17.8. The van der Waals surface area contributed by atoms with E-state index in [0.29, 0.717) is 11.7 Å². The topological polar surface area (TPSA) is 38.9 Å². The molecule has 0 aliphatic heterocycles. The molecule has 26 heavy (non-hydrogen) atoms. The monoisotopic (exact) mass is 403 g/mol. The normalized spacial score (nSPS) is 12.0. The molecule has 4 rings (SSSR count). The number of hydrogen-bond donors (Lipinski definition) is 0. The molecule has 0 spiro atoms. The third-order valence-electron chi connectivity index (χ3n) is 4.24. The van der Waals surface area contributed by atoms with Crippen LogP contribution in [0.15, 0.2) is 87.9 Å². The van der Waals surface area contributed by atoms with Crippen LogP contribution in [0.25, 0.3) is 11.4 Å². The number of benzene rings is 3. The van der Waals surface area contributed by atoms with Crippen molar-refractivity contribution in [3.05, 3.63) is 106 Å². The Balaban J connectivity index is 1.70. The van der Waals surface area contributed by atoms with Crippen LogP contribution in [0.1, 0.15) is 22.9 Å². The van der Waals surface area contributed by atoms with Gasteiger partial charge in [-0.2, -0.15) is 4.98 Å². The molecule has 0 N–H and O–H groups in total. The standard InChI is InChI=1S/C22H16BrN2O/c23-19-13-7-8-16(14-19)15-20(17-9-3-1-4-10-17)22-24-21(25-26-22)18-11-5-2-6-12-18/h1-12,14,20H,15H2. The van der Waals surface area contributed by atoms with Crippen LogP contribution in [0, 0.1) is 6.07 Å². The first-order valence-corrected chi connectivity index (χ1v) is 9.19. The highest BCUT2D eigenvalue weighted by Gasteiger charge is 2.22. The first kappa shape index (κ1) is 16.7. The van der Waals surface area contributed by atoms with Crippen LogP contribution in [0.4, 0.5) is 0 Å². The second-order valence-electron chi connectivity index (χ2n) is 6.03. The molecule has 127 valence electrons. The molecular weight excluding hydrogens is 388 g/mol. The van der Waals surface area contributed by atoms with E-state index in [1.54, 1.807) is 0 Å². The lowest BCUT2D eigenvalue weighted by Crippen LogP contribution is -2.05. The summed E-state index contributed by atoms with van der Waals surface area (Å²) >= 11 is 3.49. The lowest BCUT2D eigenvalue weighted by molar-refractivity contribution is 0.365. The summed E-state index contributed by atoms with van der Waals surface area (Å²) in [6, 6.07) is 29.3. The summed E-state index contributed by atoms with van der Waals surface area (Å²) in [5.74, 6) is 1.23. The van der Waals surface area contributed by atoms with Gasteiger partial charge in [0, 0.05) is 10.0 Å². The third kappa shape index (κ3) is 3.75. The Hall–Kier alpha value is -2.72. The summed E-state index contributed by atoms with van der Waals surface area (Å²) < 4.78 is 6.60. The van der Waals surface area contributed by atoms with Gasteiger partial charge in [0.25, 0.3) is 0 Å². The van der Waals surface area contributed by atoms with Crippen molar-refractivity contribution in [1.29, 1.82) is 0 Å². The Morgan fingerprint density at radius 2 is 1.69 bits per heavy atom. The molecule has 0 amide bonds. The average Bonchev–Trinajstić information content (AvgIpc) is 3.17. The van der Waals surface area contributed by atoms with E-state index in [0.717, 1.165) is 22.0 Å². The van der Waals surface area contributed by atoms with Gasteiger partial charge in [0.2, 0.25) is 11.7 Å². The van der Waals surface area contributed by atoms with E-state index in [-0.39, 0.29) is 5.92 Å². The molecule has 0 saturated heterocycles. The molecule has 1 unspecified atom stereocenters. The van der Waals surface area contributed by atoms with Gasteiger partial charge in [0.15, 0.2) is 0 Å². The maximum atomic E-state index is 5.66. The van der Waals surface area contributed by atoms with Gasteiger partial charge in [0.05, 0.1) is 5.92 Å². The highest BCUT2D eigenvalue weighted by Crippen LogP contribution is 2.29. The smallest absolute Gasteiger partial charge is 0.234 e. The first-order valence-electron chi connectivity index (χ1n) is 8.40. The van der Waals surface area contributed by atoms with Gasteiger partial charge in [-0.25, -0.2) is 0 Å². The Morgan fingerprint density at radius 1 is 0.962 bits per heavy atom. The lowest BCUT2D eigenvalue weighted by Gasteiger charge is -2.13. The first-order chi connectivity index (χ1) is 12.8. The molecule has 3 nitrogen and oxygen atoms in total. The summed E-state index contributed by atoms with van der Waals surface area (Å²) in [5.41, 5.74) is 3.29.